The summed E-state index contributed by atoms with van der Waals surface area (Å²) in [6.07, 6.45) is 8.70. The van der Waals surface area contributed by atoms with Crippen LogP contribution in [0.15, 0.2) is 53.4 Å². The fourth-order valence-corrected chi connectivity index (χ4v) is 2.14. The van der Waals surface area contributed by atoms with Crippen molar-refractivity contribution < 1.29 is 4.79 Å². The standard InChI is InChI=1S/C16H16BrN3O/c1-12(10-13-2-4-14(17)5-3-13)20-16(21)7-6-15-11-18-8-9-19-15/h2-9,11-12H,10H2,1H3,(H,20,21)/b7-6+. The molecule has 21 heavy (non-hydrogen) atoms. The lowest BCUT2D eigenvalue weighted by Crippen LogP contribution is -2.32. The summed E-state index contributed by atoms with van der Waals surface area (Å²) in [5, 5.41) is 2.93. The van der Waals surface area contributed by atoms with Crippen LogP contribution < -0.4 is 5.32 Å². The molecule has 0 fully saturated rings. The van der Waals surface area contributed by atoms with Gasteiger partial charge in [0, 0.05) is 29.0 Å². The Kier molecular flexibility index (Phi) is 5.63. The summed E-state index contributed by atoms with van der Waals surface area (Å²) in [5.74, 6) is -0.134. The maximum Gasteiger partial charge on any atom is 0.244 e. The van der Waals surface area contributed by atoms with Gasteiger partial charge in [-0.05, 0) is 37.1 Å². The van der Waals surface area contributed by atoms with Crippen LogP contribution in [-0.4, -0.2) is 21.9 Å². The van der Waals surface area contributed by atoms with Gasteiger partial charge in [0.25, 0.3) is 0 Å². The van der Waals surface area contributed by atoms with Crippen molar-refractivity contribution in [3.8, 4) is 0 Å². The Hall–Kier alpha value is -2.01. The summed E-state index contributed by atoms with van der Waals surface area (Å²) in [4.78, 5) is 19.8. The summed E-state index contributed by atoms with van der Waals surface area (Å²) >= 11 is 3.40. The van der Waals surface area contributed by atoms with Crippen molar-refractivity contribution in [1.29, 1.82) is 0 Å². The van der Waals surface area contributed by atoms with E-state index in [1.807, 2.05) is 31.2 Å². The van der Waals surface area contributed by atoms with Crippen LogP contribution in [0.25, 0.3) is 6.08 Å². The lowest BCUT2D eigenvalue weighted by molar-refractivity contribution is -0.117. The topological polar surface area (TPSA) is 54.9 Å². The molecule has 2 rings (SSSR count). The van der Waals surface area contributed by atoms with Crippen LogP contribution in [0.4, 0.5) is 0 Å². The molecular weight excluding hydrogens is 330 g/mol. The predicted molar refractivity (Wildman–Crippen MR) is 86.5 cm³/mol. The summed E-state index contributed by atoms with van der Waals surface area (Å²) in [5.41, 5.74) is 1.84. The van der Waals surface area contributed by atoms with Gasteiger partial charge < -0.3 is 5.32 Å². The second kappa shape index (κ2) is 7.69. The Bertz CT molecular complexity index is 611. The van der Waals surface area contributed by atoms with Gasteiger partial charge in [-0.15, -0.1) is 0 Å². The first kappa shape index (κ1) is 15.4. The molecule has 1 unspecified atom stereocenters. The lowest BCUT2D eigenvalue weighted by atomic mass is 10.1. The summed E-state index contributed by atoms with van der Waals surface area (Å²) < 4.78 is 1.05. The fraction of sp³-hybridized carbons (Fsp3) is 0.188. The minimum Gasteiger partial charge on any atom is -0.350 e. The van der Waals surface area contributed by atoms with Crippen LogP contribution in [0.2, 0.25) is 0 Å². The van der Waals surface area contributed by atoms with Crippen molar-refractivity contribution >= 4 is 27.9 Å². The summed E-state index contributed by atoms with van der Waals surface area (Å²) in [6, 6.07) is 8.14. The van der Waals surface area contributed by atoms with Crippen LogP contribution in [0, 0.1) is 0 Å². The van der Waals surface area contributed by atoms with Gasteiger partial charge in [0.05, 0.1) is 11.9 Å². The van der Waals surface area contributed by atoms with Gasteiger partial charge in [-0.25, -0.2) is 0 Å². The van der Waals surface area contributed by atoms with Gasteiger partial charge in [0.15, 0.2) is 0 Å². The van der Waals surface area contributed by atoms with E-state index < -0.39 is 0 Å². The van der Waals surface area contributed by atoms with E-state index in [0.717, 1.165) is 10.9 Å². The smallest absolute Gasteiger partial charge is 0.244 e. The van der Waals surface area contributed by atoms with E-state index in [1.165, 1.54) is 11.6 Å². The van der Waals surface area contributed by atoms with E-state index in [4.69, 9.17) is 0 Å². The maximum atomic E-state index is 11.8. The van der Waals surface area contributed by atoms with E-state index in [-0.39, 0.29) is 11.9 Å². The number of halogens is 1. The largest absolute Gasteiger partial charge is 0.350 e. The molecule has 1 N–H and O–H groups in total. The molecule has 1 aromatic carbocycles. The summed E-state index contributed by atoms with van der Waals surface area (Å²) in [7, 11) is 0. The Morgan fingerprint density at radius 2 is 2.10 bits per heavy atom. The zero-order chi connectivity index (χ0) is 15.1. The van der Waals surface area contributed by atoms with E-state index in [2.05, 4.69) is 31.2 Å². The molecule has 1 amide bonds. The first-order chi connectivity index (χ1) is 10.1. The molecule has 0 aliphatic rings. The normalized spacial score (nSPS) is 12.3. The molecule has 0 spiro atoms. The molecule has 5 heteroatoms. The molecule has 1 atom stereocenters. The summed E-state index contributed by atoms with van der Waals surface area (Å²) in [6.45, 7) is 1.98. The third-order valence-electron chi connectivity index (χ3n) is 2.83. The monoisotopic (exact) mass is 345 g/mol. The van der Waals surface area contributed by atoms with E-state index >= 15 is 0 Å². The number of carbonyl (C=O) groups is 1. The van der Waals surface area contributed by atoms with Crippen LogP contribution in [0.3, 0.4) is 0 Å². The lowest BCUT2D eigenvalue weighted by Gasteiger charge is -2.12. The number of hydrogen-bond acceptors (Lipinski definition) is 3. The molecule has 4 nitrogen and oxygen atoms in total. The number of rotatable bonds is 5. The second-order valence-corrected chi connectivity index (χ2v) is 5.62. The zero-order valence-corrected chi connectivity index (χ0v) is 13.2. The maximum absolute atomic E-state index is 11.8. The van der Waals surface area contributed by atoms with Crippen molar-refractivity contribution in [2.45, 2.75) is 19.4 Å². The van der Waals surface area contributed by atoms with Crippen molar-refractivity contribution in [1.82, 2.24) is 15.3 Å². The highest BCUT2D eigenvalue weighted by Gasteiger charge is 2.06. The molecule has 108 valence electrons. The second-order valence-electron chi connectivity index (χ2n) is 4.70. The fourth-order valence-electron chi connectivity index (χ4n) is 1.87. The molecule has 0 bridgehead atoms. The van der Waals surface area contributed by atoms with Crippen LogP contribution in [0.1, 0.15) is 18.2 Å². The number of nitrogens with zero attached hydrogens (tertiary/aromatic N) is 2. The highest BCUT2D eigenvalue weighted by molar-refractivity contribution is 9.10. The molecule has 0 aliphatic carbocycles. The third kappa shape index (κ3) is 5.47. The Labute approximate surface area is 132 Å². The molecule has 0 radical (unpaired) electrons. The number of aromatic nitrogens is 2. The zero-order valence-electron chi connectivity index (χ0n) is 11.7. The van der Waals surface area contributed by atoms with Gasteiger partial charge in [-0.1, -0.05) is 28.1 Å². The molecule has 0 saturated heterocycles. The van der Waals surface area contributed by atoms with Crippen molar-refractivity contribution in [2.75, 3.05) is 0 Å². The van der Waals surface area contributed by atoms with Crippen molar-refractivity contribution in [2.24, 2.45) is 0 Å². The highest BCUT2D eigenvalue weighted by atomic mass is 79.9. The number of benzene rings is 1. The predicted octanol–water partition coefficient (Wildman–Crippen LogP) is 3.00. The van der Waals surface area contributed by atoms with Gasteiger partial charge in [-0.3, -0.25) is 14.8 Å². The minimum absolute atomic E-state index is 0.0604. The highest BCUT2D eigenvalue weighted by Crippen LogP contribution is 2.11. The van der Waals surface area contributed by atoms with E-state index in [9.17, 15) is 4.79 Å². The molecule has 0 saturated carbocycles. The van der Waals surface area contributed by atoms with Gasteiger partial charge in [-0.2, -0.15) is 0 Å². The molecule has 0 aliphatic heterocycles. The number of amides is 1. The third-order valence-corrected chi connectivity index (χ3v) is 3.36. The number of carbonyl (C=O) groups excluding carboxylic acids is 1. The Morgan fingerprint density at radius 1 is 1.33 bits per heavy atom. The first-order valence-electron chi connectivity index (χ1n) is 6.62. The van der Waals surface area contributed by atoms with Gasteiger partial charge in [0.1, 0.15) is 0 Å². The van der Waals surface area contributed by atoms with Gasteiger partial charge >= 0.3 is 0 Å². The van der Waals surface area contributed by atoms with Gasteiger partial charge in [0.2, 0.25) is 5.91 Å². The number of hydrogen-bond donors (Lipinski definition) is 1. The van der Waals surface area contributed by atoms with Crippen molar-refractivity contribution in [3.05, 3.63) is 64.7 Å². The van der Waals surface area contributed by atoms with Crippen LogP contribution in [-0.2, 0) is 11.2 Å². The quantitative estimate of drug-likeness (QED) is 0.847. The average Bonchev–Trinajstić information content (AvgIpc) is 2.48. The molecule has 2 aromatic rings. The molecular formula is C16H16BrN3O. The Balaban J connectivity index is 1.84. The van der Waals surface area contributed by atoms with E-state index in [1.54, 1.807) is 24.7 Å². The average molecular weight is 346 g/mol. The SMILES string of the molecule is CC(Cc1ccc(Br)cc1)NC(=O)/C=C/c1cnccn1. The molecule has 1 heterocycles. The number of nitrogens with one attached hydrogen (secondary N) is 1. The first-order valence-corrected chi connectivity index (χ1v) is 7.42. The molecule has 1 aromatic heterocycles. The van der Waals surface area contributed by atoms with Crippen LogP contribution in [0.5, 0.6) is 0 Å². The van der Waals surface area contributed by atoms with E-state index in [0.29, 0.717) is 5.69 Å². The minimum atomic E-state index is -0.134. The van der Waals surface area contributed by atoms with Crippen LogP contribution >= 0.6 is 15.9 Å². The Morgan fingerprint density at radius 3 is 2.76 bits per heavy atom. The van der Waals surface area contributed by atoms with Crippen molar-refractivity contribution in [3.63, 3.8) is 0 Å².